The summed E-state index contributed by atoms with van der Waals surface area (Å²) in [6.07, 6.45) is 0. The van der Waals surface area contributed by atoms with E-state index in [4.69, 9.17) is 22.2 Å². The minimum absolute atomic E-state index is 0.00639. The molecule has 0 aromatic heterocycles. The highest BCUT2D eigenvalue weighted by Crippen LogP contribution is 2.39. The van der Waals surface area contributed by atoms with E-state index >= 15 is 0 Å². The number of halogens is 3. The number of nitrogens with zero attached hydrogens (tertiary/aromatic N) is 3. The summed E-state index contributed by atoms with van der Waals surface area (Å²) >= 11 is 11.9. The van der Waals surface area contributed by atoms with E-state index in [1.165, 1.54) is 6.07 Å². The molecule has 0 unspecified atom stereocenters. The first-order valence-electron chi connectivity index (χ1n) is 3.45. The summed E-state index contributed by atoms with van der Waals surface area (Å²) in [5.41, 5.74) is 8.02. The van der Waals surface area contributed by atoms with Crippen molar-refractivity contribution in [2.75, 3.05) is 0 Å². The number of carbonyl (C=O) groups is 1. The zero-order valence-corrected chi connectivity index (χ0v) is 10.8. The van der Waals surface area contributed by atoms with Crippen LogP contribution in [0.5, 0.6) is 0 Å². The first-order chi connectivity index (χ1) is 6.99. The molecule has 1 aromatic rings. The molecule has 0 saturated carbocycles. The van der Waals surface area contributed by atoms with Crippen LogP contribution in [-0.4, -0.2) is 11.1 Å². The number of carboxylic acids is 1. The number of azide groups is 1. The van der Waals surface area contributed by atoms with Gasteiger partial charge in [-0.05, 0) is 27.5 Å². The van der Waals surface area contributed by atoms with Crippen LogP contribution in [0.1, 0.15) is 10.4 Å². The molecule has 0 aliphatic rings. The standard InChI is InChI=1S/C7H2Br2ClN3O2/c8-2-1-3(9)6(12-13-11)4(5(2)10)7(14)15/h1H,(H,14,15). The summed E-state index contributed by atoms with van der Waals surface area (Å²) in [6.45, 7) is 0. The average Bonchev–Trinajstić information content (AvgIpc) is 2.14. The van der Waals surface area contributed by atoms with Gasteiger partial charge in [0.2, 0.25) is 0 Å². The zero-order chi connectivity index (χ0) is 11.6. The monoisotopic (exact) mass is 353 g/mol. The number of hydrogen-bond acceptors (Lipinski definition) is 2. The van der Waals surface area contributed by atoms with Crippen LogP contribution < -0.4 is 0 Å². The van der Waals surface area contributed by atoms with Crippen molar-refractivity contribution >= 4 is 55.1 Å². The normalized spacial score (nSPS) is 9.53. The molecule has 5 nitrogen and oxygen atoms in total. The molecule has 0 aliphatic carbocycles. The van der Waals surface area contributed by atoms with Crippen LogP contribution >= 0.6 is 43.5 Å². The van der Waals surface area contributed by atoms with Crippen molar-refractivity contribution < 1.29 is 9.90 Å². The summed E-state index contributed by atoms with van der Waals surface area (Å²) in [7, 11) is 0. The van der Waals surface area contributed by atoms with Gasteiger partial charge in [0, 0.05) is 13.9 Å². The Labute approximate surface area is 106 Å². The predicted molar refractivity (Wildman–Crippen MR) is 62.6 cm³/mol. The second-order valence-electron chi connectivity index (χ2n) is 2.37. The Morgan fingerprint density at radius 1 is 1.53 bits per heavy atom. The van der Waals surface area contributed by atoms with Gasteiger partial charge in [0.25, 0.3) is 0 Å². The van der Waals surface area contributed by atoms with Gasteiger partial charge in [-0.3, -0.25) is 0 Å². The molecule has 0 fully saturated rings. The van der Waals surface area contributed by atoms with Crippen molar-refractivity contribution in [1.82, 2.24) is 0 Å². The summed E-state index contributed by atoms with van der Waals surface area (Å²) in [6, 6.07) is 1.51. The SMILES string of the molecule is [N-]=[N+]=Nc1c(Br)cc(Br)c(Cl)c1C(=O)O. The minimum Gasteiger partial charge on any atom is -0.478 e. The predicted octanol–water partition coefficient (Wildman–Crippen LogP) is 4.51. The molecular formula is C7H2Br2ClN3O2. The fraction of sp³-hybridized carbons (Fsp3) is 0. The first-order valence-corrected chi connectivity index (χ1v) is 5.41. The first kappa shape index (κ1) is 12.3. The summed E-state index contributed by atoms with van der Waals surface area (Å²) in [5.74, 6) is -1.26. The molecule has 1 N–H and O–H groups in total. The molecule has 1 rings (SSSR count). The maximum absolute atomic E-state index is 10.9. The Kier molecular flexibility index (Phi) is 3.98. The second kappa shape index (κ2) is 4.85. The maximum atomic E-state index is 10.9. The minimum atomic E-state index is -1.26. The van der Waals surface area contributed by atoms with E-state index in [1.54, 1.807) is 0 Å². The Hall–Kier alpha value is -0.750. The van der Waals surface area contributed by atoms with Crippen molar-refractivity contribution in [3.05, 3.63) is 36.0 Å². The molecule has 78 valence electrons. The highest BCUT2D eigenvalue weighted by atomic mass is 79.9. The van der Waals surface area contributed by atoms with Gasteiger partial charge in [-0.15, -0.1) is 0 Å². The van der Waals surface area contributed by atoms with E-state index in [2.05, 4.69) is 41.9 Å². The fourth-order valence-electron chi connectivity index (χ4n) is 0.923. The molecule has 8 heteroatoms. The molecular weight excluding hydrogens is 353 g/mol. The molecule has 0 aliphatic heterocycles. The second-order valence-corrected chi connectivity index (χ2v) is 4.46. The smallest absolute Gasteiger partial charge is 0.337 e. The molecule has 15 heavy (non-hydrogen) atoms. The number of carboxylic acid groups (broad SMARTS) is 1. The van der Waals surface area contributed by atoms with Crippen molar-refractivity contribution in [3.63, 3.8) is 0 Å². The number of rotatable bonds is 2. The van der Waals surface area contributed by atoms with E-state index in [0.29, 0.717) is 8.95 Å². The van der Waals surface area contributed by atoms with Crippen LogP contribution in [0.25, 0.3) is 10.4 Å². The lowest BCUT2D eigenvalue weighted by Gasteiger charge is -2.07. The van der Waals surface area contributed by atoms with E-state index < -0.39 is 5.97 Å². The lowest BCUT2D eigenvalue weighted by atomic mass is 10.2. The van der Waals surface area contributed by atoms with Gasteiger partial charge < -0.3 is 5.11 Å². The Morgan fingerprint density at radius 3 is 2.60 bits per heavy atom. The highest BCUT2D eigenvalue weighted by Gasteiger charge is 2.19. The van der Waals surface area contributed by atoms with Crippen LogP contribution in [0.3, 0.4) is 0 Å². The highest BCUT2D eigenvalue weighted by molar-refractivity contribution is 9.11. The molecule has 0 radical (unpaired) electrons. The number of hydrogen-bond donors (Lipinski definition) is 1. The summed E-state index contributed by atoms with van der Waals surface area (Å²) in [4.78, 5) is 13.5. The lowest BCUT2D eigenvalue weighted by molar-refractivity contribution is 0.0698. The molecule has 0 spiro atoms. The number of benzene rings is 1. The Balaban J connectivity index is 3.68. The third-order valence-electron chi connectivity index (χ3n) is 1.50. The van der Waals surface area contributed by atoms with Gasteiger partial charge in [-0.25, -0.2) is 4.79 Å². The van der Waals surface area contributed by atoms with Crippen LogP contribution in [0, 0.1) is 0 Å². The maximum Gasteiger partial charge on any atom is 0.337 e. The molecule has 0 atom stereocenters. The van der Waals surface area contributed by atoms with E-state index in [1.807, 2.05) is 0 Å². The van der Waals surface area contributed by atoms with Gasteiger partial charge in [0.05, 0.1) is 16.3 Å². The van der Waals surface area contributed by atoms with Gasteiger partial charge in [-0.1, -0.05) is 32.6 Å². The van der Waals surface area contributed by atoms with Gasteiger partial charge in [-0.2, -0.15) is 0 Å². The molecule has 1 aromatic carbocycles. The van der Waals surface area contributed by atoms with E-state index in [-0.39, 0.29) is 16.3 Å². The van der Waals surface area contributed by atoms with Gasteiger partial charge in [0.15, 0.2) is 0 Å². The van der Waals surface area contributed by atoms with Gasteiger partial charge >= 0.3 is 5.97 Å². The van der Waals surface area contributed by atoms with Crippen LogP contribution in [0.4, 0.5) is 5.69 Å². The fourth-order valence-corrected chi connectivity index (χ4v) is 2.39. The molecule has 0 amide bonds. The van der Waals surface area contributed by atoms with E-state index in [9.17, 15) is 4.79 Å². The van der Waals surface area contributed by atoms with Crippen LogP contribution in [0.15, 0.2) is 20.1 Å². The average molecular weight is 355 g/mol. The quantitative estimate of drug-likeness (QED) is 0.366. The van der Waals surface area contributed by atoms with Crippen LogP contribution in [-0.2, 0) is 0 Å². The van der Waals surface area contributed by atoms with Crippen LogP contribution in [0.2, 0.25) is 5.02 Å². The summed E-state index contributed by atoms with van der Waals surface area (Å²) in [5, 5.41) is 12.2. The number of aromatic carboxylic acids is 1. The van der Waals surface area contributed by atoms with Crippen molar-refractivity contribution in [2.45, 2.75) is 0 Å². The molecule has 0 heterocycles. The Morgan fingerprint density at radius 2 is 2.13 bits per heavy atom. The lowest BCUT2D eigenvalue weighted by Crippen LogP contribution is -1.99. The zero-order valence-electron chi connectivity index (χ0n) is 6.91. The summed E-state index contributed by atoms with van der Waals surface area (Å²) < 4.78 is 0.763. The molecule has 0 bridgehead atoms. The molecule has 0 saturated heterocycles. The van der Waals surface area contributed by atoms with Crippen molar-refractivity contribution in [1.29, 1.82) is 0 Å². The largest absolute Gasteiger partial charge is 0.478 e. The van der Waals surface area contributed by atoms with Crippen molar-refractivity contribution in [2.24, 2.45) is 5.11 Å². The van der Waals surface area contributed by atoms with Crippen molar-refractivity contribution in [3.8, 4) is 0 Å². The third-order valence-corrected chi connectivity index (χ3v) is 3.35. The van der Waals surface area contributed by atoms with Gasteiger partial charge in [0.1, 0.15) is 0 Å². The van der Waals surface area contributed by atoms with E-state index in [0.717, 1.165) is 0 Å². The Bertz CT molecular complexity index is 486. The topological polar surface area (TPSA) is 86.1 Å². The third kappa shape index (κ3) is 2.43.